The second-order valence-electron chi connectivity index (χ2n) is 5.84. The van der Waals surface area contributed by atoms with Crippen molar-refractivity contribution in [2.45, 2.75) is 6.61 Å². The Morgan fingerprint density at radius 3 is 2.72 bits per heavy atom. The molecule has 0 radical (unpaired) electrons. The summed E-state index contributed by atoms with van der Waals surface area (Å²) in [6.45, 7) is 2.87. The summed E-state index contributed by atoms with van der Waals surface area (Å²) >= 11 is 0. The number of nitrogens with one attached hydrogen (secondary N) is 1. The van der Waals surface area contributed by atoms with E-state index in [9.17, 15) is 4.79 Å². The van der Waals surface area contributed by atoms with E-state index >= 15 is 0 Å². The number of carbonyl (C=O) groups excluding carboxylic acids is 1. The molecule has 1 fully saturated rings. The van der Waals surface area contributed by atoms with Gasteiger partial charge in [0, 0.05) is 26.2 Å². The Labute approximate surface area is 144 Å². The van der Waals surface area contributed by atoms with Crippen molar-refractivity contribution < 1.29 is 9.53 Å². The normalized spacial score (nSPS) is 14.7. The van der Waals surface area contributed by atoms with Crippen LogP contribution in [0.5, 0.6) is 0 Å². The first kappa shape index (κ1) is 15.4. The Balaban J connectivity index is 1.35. The molecule has 0 spiro atoms. The average Bonchev–Trinajstić information content (AvgIpc) is 3.16. The van der Waals surface area contributed by atoms with E-state index in [1.54, 1.807) is 11.1 Å². The third-order valence-electron chi connectivity index (χ3n) is 4.27. The Hall–Kier alpha value is -3.16. The lowest BCUT2D eigenvalue weighted by Crippen LogP contribution is -2.49. The zero-order valence-electron chi connectivity index (χ0n) is 13.6. The van der Waals surface area contributed by atoms with Gasteiger partial charge in [-0.1, -0.05) is 30.3 Å². The molecule has 0 aliphatic carbocycles. The number of amides is 1. The quantitative estimate of drug-likeness (QED) is 0.784. The molecule has 8 heteroatoms. The Kier molecular flexibility index (Phi) is 4.16. The summed E-state index contributed by atoms with van der Waals surface area (Å²) in [6.07, 6.45) is 2.97. The molecule has 3 aromatic rings. The van der Waals surface area contributed by atoms with Gasteiger partial charge in [0.15, 0.2) is 5.65 Å². The van der Waals surface area contributed by atoms with Crippen LogP contribution in [0, 0.1) is 0 Å². The molecular weight excluding hydrogens is 320 g/mol. The minimum atomic E-state index is -0.278. The second kappa shape index (κ2) is 6.76. The number of aromatic nitrogens is 4. The van der Waals surface area contributed by atoms with Crippen LogP contribution >= 0.6 is 0 Å². The molecule has 4 rings (SSSR count). The Bertz CT molecular complexity index is 858. The topological polar surface area (TPSA) is 87.2 Å². The van der Waals surface area contributed by atoms with Crippen LogP contribution < -0.4 is 4.90 Å². The van der Waals surface area contributed by atoms with Crippen LogP contribution in [0.25, 0.3) is 11.0 Å². The molecule has 1 amide bonds. The molecule has 0 unspecified atom stereocenters. The molecule has 1 aliphatic heterocycles. The minimum absolute atomic E-state index is 0.278. The minimum Gasteiger partial charge on any atom is -0.445 e. The van der Waals surface area contributed by atoms with E-state index in [2.05, 4.69) is 25.1 Å². The van der Waals surface area contributed by atoms with Gasteiger partial charge < -0.3 is 14.5 Å². The van der Waals surface area contributed by atoms with E-state index in [4.69, 9.17) is 4.74 Å². The number of fused-ring (bicyclic) bond motifs is 1. The summed E-state index contributed by atoms with van der Waals surface area (Å²) in [7, 11) is 0. The largest absolute Gasteiger partial charge is 0.445 e. The number of ether oxygens (including phenoxy) is 1. The molecule has 2 aromatic heterocycles. The lowest BCUT2D eigenvalue weighted by atomic mass is 10.2. The van der Waals surface area contributed by atoms with E-state index in [0.717, 1.165) is 22.4 Å². The fraction of sp³-hybridized carbons (Fsp3) is 0.294. The van der Waals surface area contributed by atoms with Crippen molar-refractivity contribution in [3.05, 3.63) is 48.4 Å². The Morgan fingerprint density at radius 2 is 1.92 bits per heavy atom. The summed E-state index contributed by atoms with van der Waals surface area (Å²) in [6, 6.07) is 9.68. The highest BCUT2D eigenvalue weighted by Crippen LogP contribution is 2.22. The Morgan fingerprint density at radius 1 is 1.12 bits per heavy atom. The molecular formula is C17H18N6O2. The van der Waals surface area contributed by atoms with E-state index in [0.29, 0.717) is 32.8 Å². The van der Waals surface area contributed by atoms with Gasteiger partial charge in [-0.25, -0.2) is 14.8 Å². The number of H-pyrrole nitrogens is 1. The standard InChI is InChI=1S/C17H18N6O2/c24-17(25-11-13-4-2-1-3-5-13)23-8-6-22(7-9-23)16-14-10-20-21-15(14)18-12-19-16/h1-5,10,12H,6-9,11H2,(H,18,19,20,21). The second-order valence-corrected chi connectivity index (χ2v) is 5.84. The van der Waals surface area contributed by atoms with Crippen molar-refractivity contribution in [3.63, 3.8) is 0 Å². The third kappa shape index (κ3) is 3.23. The molecule has 8 nitrogen and oxygen atoms in total. The van der Waals surface area contributed by atoms with Crippen molar-refractivity contribution in [2.24, 2.45) is 0 Å². The number of piperazine rings is 1. The van der Waals surface area contributed by atoms with Crippen LogP contribution in [0.3, 0.4) is 0 Å². The maximum Gasteiger partial charge on any atom is 0.410 e. The maximum atomic E-state index is 12.2. The summed E-state index contributed by atoms with van der Waals surface area (Å²) in [5.41, 5.74) is 1.70. The van der Waals surface area contributed by atoms with E-state index in [1.165, 1.54) is 6.33 Å². The van der Waals surface area contributed by atoms with Crippen molar-refractivity contribution in [2.75, 3.05) is 31.1 Å². The van der Waals surface area contributed by atoms with Crippen molar-refractivity contribution in [1.82, 2.24) is 25.1 Å². The first-order valence-electron chi connectivity index (χ1n) is 8.16. The van der Waals surface area contributed by atoms with Gasteiger partial charge in [0.25, 0.3) is 0 Å². The van der Waals surface area contributed by atoms with Crippen LogP contribution in [0.4, 0.5) is 10.6 Å². The summed E-state index contributed by atoms with van der Waals surface area (Å²) in [5.74, 6) is 0.844. The molecule has 0 saturated carbocycles. The predicted octanol–water partition coefficient (Wildman–Crippen LogP) is 1.81. The third-order valence-corrected chi connectivity index (χ3v) is 4.27. The number of rotatable bonds is 3. The molecule has 128 valence electrons. The van der Waals surface area contributed by atoms with Gasteiger partial charge in [0.05, 0.1) is 11.6 Å². The van der Waals surface area contributed by atoms with Gasteiger partial charge in [-0.2, -0.15) is 5.10 Å². The smallest absolute Gasteiger partial charge is 0.410 e. The first-order chi connectivity index (χ1) is 12.3. The van der Waals surface area contributed by atoms with Crippen molar-refractivity contribution in [1.29, 1.82) is 0 Å². The van der Waals surface area contributed by atoms with Gasteiger partial charge in [-0.15, -0.1) is 0 Å². The number of hydrogen-bond donors (Lipinski definition) is 1. The maximum absolute atomic E-state index is 12.2. The van der Waals surface area contributed by atoms with Crippen LogP contribution in [-0.4, -0.2) is 57.3 Å². The van der Waals surface area contributed by atoms with Gasteiger partial charge in [-0.3, -0.25) is 5.10 Å². The highest BCUT2D eigenvalue weighted by Gasteiger charge is 2.24. The number of hydrogen-bond acceptors (Lipinski definition) is 6. The fourth-order valence-corrected chi connectivity index (χ4v) is 2.92. The van der Waals surface area contributed by atoms with E-state index in [1.807, 2.05) is 30.3 Å². The average molecular weight is 338 g/mol. The van der Waals surface area contributed by atoms with Gasteiger partial charge in [0.1, 0.15) is 18.8 Å². The predicted molar refractivity (Wildman–Crippen MR) is 92.1 cm³/mol. The van der Waals surface area contributed by atoms with Crippen LogP contribution in [0.1, 0.15) is 5.56 Å². The monoisotopic (exact) mass is 338 g/mol. The number of anilines is 1. The molecule has 1 aliphatic rings. The molecule has 0 atom stereocenters. The molecule has 1 saturated heterocycles. The van der Waals surface area contributed by atoms with Crippen LogP contribution in [-0.2, 0) is 11.3 Å². The van der Waals surface area contributed by atoms with Crippen molar-refractivity contribution in [3.8, 4) is 0 Å². The van der Waals surface area contributed by atoms with Gasteiger partial charge >= 0.3 is 6.09 Å². The van der Waals surface area contributed by atoms with Crippen molar-refractivity contribution >= 4 is 22.9 Å². The fourth-order valence-electron chi connectivity index (χ4n) is 2.92. The van der Waals surface area contributed by atoms with Crippen LogP contribution in [0.15, 0.2) is 42.9 Å². The zero-order chi connectivity index (χ0) is 17.1. The number of carbonyl (C=O) groups is 1. The number of nitrogens with zero attached hydrogens (tertiary/aromatic N) is 5. The molecule has 3 heterocycles. The first-order valence-corrected chi connectivity index (χ1v) is 8.16. The SMILES string of the molecule is O=C(OCc1ccccc1)N1CCN(c2ncnc3[nH]ncc23)CC1. The zero-order valence-corrected chi connectivity index (χ0v) is 13.6. The van der Waals surface area contributed by atoms with E-state index in [-0.39, 0.29) is 6.09 Å². The van der Waals surface area contributed by atoms with E-state index < -0.39 is 0 Å². The van der Waals surface area contributed by atoms with Crippen LogP contribution in [0.2, 0.25) is 0 Å². The molecule has 25 heavy (non-hydrogen) atoms. The molecule has 1 N–H and O–H groups in total. The summed E-state index contributed by atoms with van der Waals surface area (Å²) in [5, 5.41) is 7.75. The highest BCUT2D eigenvalue weighted by molar-refractivity contribution is 5.86. The highest BCUT2D eigenvalue weighted by atomic mass is 16.6. The number of benzene rings is 1. The number of aromatic amines is 1. The molecule has 1 aromatic carbocycles. The summed E-state index contributed by atoms with van der Waals surface area (Å²) < 4.78 is 5.39. The van der Waals surface area contributed by atoms with Gasteiger partial charge in [0.2, 0.25) is 0 Å². The lowest BCUT2D eigenvalue weighted by Gasteiger charge is -2.34. The lowest BCUT2D eigenvalue weighted by molar-refractivity contribution is 0.0941. The summed E-state index contributed by atoms with van der Waals surface area (Å²) in [4.78, 5) is 24.6. The molecule has 0 bridgehead atoms. The van der Waals surface area contributed by atoms with Gasteiger partial charge in [-0.05, 0) is 5.56 Å².